The molecule has 5 heteroatoms. The van der Waals surface area contributed by atoms with E-state index in [0.717, 1.165) is 56.7 Å². The smallest absolute Gasteiger partial charge is 0.227 e. The van der Waals surface area contributed by atoms with Gasteiger partial charge in [-0.2, -0.15) is 4.98 Å². The fourth-order valence-corrected chi connectivity index (χ4v) is 3.63. The van der Waals surface area contributed by atoms with Gasteiger partial charge in [-0.3, -0.25) is 4.90 Å². The molecule has 1 aliphatic rings. The van der Waals surface area contributed by atoms with E-state index in [4.69, 9.17) is 4.98 Å². The molecule has 0 radical (unpaired) electrons. The molecule has 150 valence electrons. The quantitative estimate of drug-likeness (QED) is 0.692. The van der Waals surface area contributed by atoms with Crippen LogP contribution in [0.4, 0.5) is 11.8 Å². The molecule has 0 amide bonds. The number of hydrogen-bond acceptors (Lipinski definition) is 5. The van der Waals surface area contributed by atoms with E-state index in [1.54, 1.807) is 0 Å². The second-order valence-corrected chi connectivity index (χ2v) is 7.78. The molecule has 1 aliphatic heterocycles. The molecular formula is C24H29N5. The highest BCUT2D eigenvalue weighted by molar-refractivity contribution is 5.44. The van der Waals surface area contributed by atoms with E-state index in [1.807, 2.05) is 13.0 Å². The number of nitrogens with one attached hydrogen (secondary N) is 1. The van der Waals surface area contributed by atoms with E-state index < -0.39 is 0 Å². The highest BCUT2D eigenvalue weighted by Crippen LogP contribution is 2.17. The molecule has 4 rings (SSSR count). The van der Waals surface area contributed by atoms with Crippen LogP contribution in [-0.2, 0) is 13.1 Å². The molecule has 0 atom stereocenters. The molecule has 3 aromatic rings. The van der Waals surface area contributed by atoms with Crippen molar-refractivity contribution in [2.24, 2.45) is 0 Å². The summed E-state index contributed by atoms with van der Waals surface area (Å²) in [6.45, 7) is 9.87. The molecule has 1 fully saturated rings. The van der Waals surface area contributed by atoms with Gasteiger partial charge >= 0.3 is 0 Å². The summed E-state index contributed by atoms with van der Waals surface area (Å²) in [5, 5.41) is 3.45. The zero-order valence-electron chi connectivity index (χ0n) is 17.3. The third kappa shape index (κ3) is 5.33. The average Bonchev–Trinajstić information content (AvgIpc) is 2.74. The largest absolute Gasteiger partial charge is 0.366 e. The first-order chi connectivity index (χ1) is 14.2. The van der Waals surface area contributed by atoms with Crippen LogP contribution in [0, 0.1) is 13.8 Å². The normalized spacial score (nSPS) is 14.8. The number of rotatable bonds is 6. The first-order valence-corrected chi connectivity index (χ1v) is 10.3. The highest BCUT2D eigenvalue weighted by Gasteiger charge is 2.19. The Labute approximate surface area is 173 Å². The summed E-state index contributed by atoms with van der Waals surface area (Å²) in [6.07, 6.45) is 0. The fraction of sp³-hybridized carbons (Fsp3) is 0.333. The van der Waals surface area contributed by atoms with Gasteiger partial charge in [0.15, 0.2) is 0 Å². The molecule has 1 saturated heterocycles. The molecule has 0 spiro atoms. The average molecular weight is 388 g/mol. The number of aryl methyl sites for hydroxylation is 2. The molecule has 5 nitrogen and oxygen atoms in total. The van der Waals surface area contributed by atoms with Gasteiger partial charge in [0.2, 0.25) is 5.95 Å². The maximum atomic E-state index is 4.78. The maximum Gasteiger partial charge on any atom is 0.227 e. The van der Waals surface area contributed by atoms with Crippen molar-refractivity contribution in [3.63, 3.8) is 0 Å². The molecule has 1 N–H and O–H groups in total. The van der Waals surface area contributed by atoms with Crippen LogP contribution >= 0.6 is 0 Å². The summed E-state index contributed by atoms with van der Waals surface area (Å²) < 4.78 is 0. The van der Waals surface area contributed by atoms with Gasteiger partial charge in [0.25, 0.3) is 0 Å². The van der Waals surface area contributed by atoms with Crippen LogP contribution in [0.25, 0.3) is 0 Å². The Bertz CT molecular complexity index is 916. The Hall–Kier alpha value is -2.92. The van der Waals surface area contributed by atoms with Crippen molar-refractivity contribution in [2.75, 3.05) is 36.4 Å². The van der Waals surface area contributed by atoms with E-state index >= 15 is 0 Å². The number of aromatic nitrogens is 2. The van der Waals surface area contributed by atoms with Crippen LogP contribution in [-0.4, -0.2) is 41.0 Å². The second kappa shape index (κ2) is 9.05. The molecular weight excluding hydrogens is 358 g/mol. The Morgan fingerprint density at radius 2 is 1.55 bits per heavy atom. The van der Waals surface area contributed by atoms with Crippen LogP contribution in [0.2, 0.25) is 0 Å². The Kier molecular flexibility index (Phi) is 6.06. The number of hydrogen-bond donors (Lipinski definition) is 1. The van der Waals surface area contributed by atoms with Crippen molar-refractivity contribution in [1.29, 1.82) is 0 Å². The first kappa shape index (κ1) is 19.4. The van der Waals surface area contributed by atoms with Gasteiger partial charge in [0.05, 0.1) is 0 Å². The zero-order valence-corrected chi connectivity index (χ0v) is 17.3. The summed E-state index contributed by atoms with van der Waals surface area (Å²) in [7, 11) is 0. The predicted octanol–water partition coefficient (Wildman–Crippen LogP) is 4.03. The van der Waals surface area contributed by atoms with E-state index in [1.165, 1.54) is 16.7 Å². The SMILES string of the molecule is Cc1ccc(CNc2cc(C)nc(N3CCN(Cc4ccccc4)CC3)n2)cc1. The summed E-state index contributed by atoms with van der Waals surface area (Å²) >= 11 is 0. The van der Waals surface area contributed by atoms with Gasteiger partial charge in [-0.15, -0.1) is 0 Å². The van der Waals surface area contributed by atoms with Crippen LogP contribution in [0.15, 0.2) is 60.7 Å². The lowest BCUT2D eigenvalue weighted by molar-refractivity contribution is 0.248. The molecule has 0 saturated carbocycles. The molecule has 29 heavy (non-hydrogen) atoms. The number of nitrogens with zero attached hydrogens (tertiary/aromatic N) is 4. The first-order valence-electron chi connectivity index (χ1n) is 10.3. The summed E-state index contributed by atoms with van der Waals surface area (Å²) in [5.74, 6) is 1.72. The zero-order chi connectivity index (χ0) is 20.1. The van der Waals surface area contributed by atoms with Gasteiger partial charge in [-0.05, 0) is 25.0 Å². The maximum absolute atomic E-state index is 4.78. The van der Waals surface area contributed by atoms with Crippen molar-refractivity contribution in [1.82, 2.24) is 14.9 Å². The van der Waals surface area contributed by atoms with Crippen LogP contribution in [0.5, 0.6) is 0 Å². The van der Waals surface area contributed by atoms with Crippen LogP contribution < -0.4 is 10.2 Å². The Morgan fingerprint density at radius 3 is 2.28 bits per heavy atom. The third-order valence-corrected chi connectivity index (χ3v) is 5.34. The summed E-state index contributed by atoms with van der Waals surface area (Å²) in [4.78, 5) is 14.3. The number of piperazine rings is 1. The minimum absolute atomic E-state index is 0.765. The van der Waals surface area contributed by atoms with Crippen molar-refractivity contribution in [3.05, 3.63) is 83.0 Å². The highest BCUT2D eigenvalue weighted by atomic mass is 15.3. The Balaban J connectivity index is 1.35. The van der Waals surface area contributed by atoms with Crippen LogP contribution in [0.1, 0.15) is 22.4 Å². The molecule has 0 bridgehead atoms. The summed E-state index contributed by atoms with van der Waals surface area (Å²) in [5.41, 5.74) is 4.90. The Morgan fingerprint density at radius 1 is 0.828 bits per heavy atom. The summed E-state index contributed by atoms with van der Waals surface area (Å²) in [6, 6.07) is 21.3. The molecule has 0 aliphatic carbocycles. The minimum Gasteiger partial charge on any atom is -0.366 e. The van der Waals surface area contributed by atoms with Crippen molar-refractivity contribution in [2.45, 2.75) is 26.9 Å². The van der Waals surface area contributed by atoms with Gasteiger partial charge in [-0.25, -0.2) is 4.98 Å². The second-order valence-electron chi connectivity index (χ2n) is 7.78. The molecule has 1 aromatic heterocycles. The van der Waals surface area contributed by atoms with E-state index in [0.29, 0.717) is 0 Å². The van der Waals surface area contributed by atoms with Crippen molar-refractivity contribution >= 4 is 11.8 Å². The number of benzene rings is 2. The molecule has 2 aromatic carbocycles. The van der Waals surface area contributed by atoms with Crippen molar-refractivity contribution < 1.29 is 0 Å². The third-order valence-electron chi connectivity index (χ3n) is 5.34. The van der Waals surface area contributed by atoms with E-state index in [2.05, 4.69) is 81.6 Å². The van der Waals surface area contributed by atoms with Gasteiger partial charge in [0, 0.05) is 51.0 Å². The van der Waals surface area contributed by atoms with E-state index in [-0.39, 0.29) is 0 Å². The van der Waals surface area contributed by atoms with E-state index in [9.17, 15) is 0 Å². The topological polar surface area (TPSA) is 44.3 Å². The van der Waals surface area contributed by atoms with Crippen molar-refractivity contribution in [3.8, 4) is 0 Å². The standard InChI is InChI=1S/C24H29N5/c1-19-8-10-21(11-9-19)17-25-23-16-20(2)26-24(27-23)29-14-12-28(13-15-29)18-22-6-4-3-5-7-22/h3-11,16H,12-15,17-18H2,1-2H3,(H,25,26,27). The molecule has 2 heterocycles. The number of anilines is 2. The lowest BCUT2D eigenvalue weighted by Gasteiger charge is -2.35. The fourth-order valence-electron chi connectivity index (χ4n) is 3.63. The monoisotopic (exact) mass is 387 g/mol. The predicted molar refractivity (Wildman–Crippen MR) is 119 cm³/mol. The molecule has 0 unspecified atom stereocenters. The van der Waals surface area contributed by atoms with Gasteiger partial charge in [0.1, 0.15) is 5.82 Å². The lowest BCUT2D eigenvalue weighted by Crippen LogP contribution is -2.46. The van der Waals surface area contributed by atoms with Crippen LogP contribution in [0.3, 0.4) is 0 Å². The van der Waals surface area contributed by atoms with Gasteiger partial charge < -0.3 is 10.2 Å². The lowest BCUT2D eigenvalue weighted by atomic mass is 10.1. The minimum atomic E-state index is 0.765. The van der Waals surface area contributed by atoms with Gasteiger partial charge in [-0.1, -0.05) is 60.2 Å².